The molecule has 1 spiro atoms. The Kier molecular flexibility index (Phi) is 3.87. The summed E-state index contributed by atoms with van der Waals surface area (Å²) in [6, 6.07) is 5.99. The van der Waals surface area contributed by atoms with E-state index < -0.39 is 5.54 Å². The summed E-state index contributed by atoms with van der Waals surface area (Å²) in [6.07, 6.45) is 6.18. The van der Waals surface area contributed by atoms with Crippen LogP contribution in [-0.4, -0.2) is 26.5 Å². The first-order chi connectivity index (χ1) is 13.2. The first kappa shape index (κ1) is 18.3. The molecule has 3 aliphatic rings. The number of H-pyrrole nitrogens is 1. The zero-order valence-corrected chi connectivity index (χ0v) is 19.0. The fourth-order valence-corrected chi connectivity index (χ4v) is 5.10. The van der Waals surface area contributed by atoms with Gasteiger partial charge in [-0.3, -0.25) is 9.79 Å². The van der Waals surface area contributed by atoms with Crippen LogP contribution in [0.4, 0.5) is 5.69 Å². The van der Waals surface area contributed by atoms with Gasteiger partial charge in [0.15, 0.2) is 4.73 Å². The molecule has 1 amide bonds. The molecule has 0 aliphatic carbocycles. The van der Waals surface area contributed by atoms with Crippen molar-refractivity contribution in [3.63, 3.8) is 0 Å². The van der Waals surface area contributed by atoms with Crippen LogP contribution in [0.5, 0.6) is 0 Å². The number of amides is 1. The molecule has 0 saturated carbocycles. The first-order valence-corrected chi connectivity index (χ1v) is 10.7. The number of hydrogen-bond acceptors (Lipinski definition) is 3. The normalized spacial score (nSPS) is 25.6. The minimum absolute atomic E-state index is 0.00556. The number of fused-ring (bicyclic) bond motifs is 2. The monoisotopic (exact) mass is 520 g/mol. The van der Waals surface area contributed by atoms with Crippen LogP contribution in [-0.2, 0) is 15.7 Å². The molecule has 142 valence electrons. The van der Waals surface area contributed by atoms with Gasteiger partial charge < -0.3 is 9.88 Å². The molecule has 0 bridgehead atoms. The highest BCUT2D eigenvalue weighted by molar-refractivity contribution is 9.10. The van der Waals surface area contributed by atoms with Crippen LogP contribution in [0.1, 0.15) is 37.2 Å². The number of nitrogens with one attached hydrogen (secondary N) is 1. The van der Waals surface area contributed by atoms with Crippen molar-refractivity contribution in [3.8, 4) is 0 Å². The maximum Gasteiger partial charge on any atom is 0.230 e. The van der Waals surface area contributed by atoms with Gasteiger partial charge in [-0.15, -0.1) is 0 Å². The van der Waals surface area contributed by atoms with Gasteiger partial charge in [0.1, 0.15) is 11.2 Å². The van der Waals surface area contributed by atoms with E-state index in [9.17, 15) is 4.79 Å². The number of β-lactam (4-membered cyclic amide) rings is 1. The van der Waals surface area contributed by atoms with Crippen molar-refractivity contribution in [1.29, 1.82) is 0 Å². The van der Waals surface area contributed by atoms with Crippen molar-refractivity contribution in [2.24, 2.45) is 4.99 Å². The van der Waals surface area contributed by atoms with Crippen molar-refractivity contribution in [1.82, 2.24) is 14.9 Å². The zero-order valence-electron chi connectivity index (χ0n) is 15.1. The van der Waals surface area contributed by atoms with Crippen molar-refractivity contribution >= 4 is 65.8 Å². The number of carbonyl (C=O) groups excluding carboxylic acids is 1. The van der Waals surface area contributed by atoms with Crippen molar-refractivity contribution in [2.45, 2.75) is 31.2 Å². The summed E-state index contributed by atoms with van der Waals surface area (Å²) in [7, 11) is 0. The van der Waals surface area contributed by atoms with E-state index >= 15 is 0 Å². The quantitative estimate of drug-likeness (QED) is 0.463. The molecule has 1 aromatic heterocycles. The van der Waals surface area contributed by atoms with Crippen LogP contribution >= 0.6 is 43.5 Å². The highest BCUT2D eigenvalue weighted by Crippen LogP contribution is 2.53. The van der Waals surface area contributed by atoms with E-state index in [0.717, 1.165) is 27.1 Å². The molecule has 1 atom stereocenters. The van der Waals surface area contributed by atoms with Gasteiger partial charge in [0.25, 0.3) is 0 Å². The molecule has 1 saturated heterocycles. The predicted molar refractivity (Wildman–Crippen MR) is 117 cm³/mol. The summed E-state index contributed by atoms with van der Waals surface area (Å²) in [5.74, 6) is 0.00556. The molecule has 5 nitrogen and oxygen atoms in total. The average molecular weight is 523 g/mol. The van der Waals surface area contributed by atoms with Gasteiger partial charge in [0, 0.05) is 21.7 Å². The van der Waals surface area contributed by atoms with Gasteiger partial charge >= 0.3 is 0 Å². The molecule has 1 aromatic carbocycles. The Labute approximate surface area is 183 Å². The van der Waals surface area contributed by atoms with Gasteiger partial charge in [-0.05, 0) is 34.1 Å². The Hall–Kier alpha value is -1.70. The highest BCUT2D eigenvalue weighted by Gasteiger charge is 2.58. The third kappa shape index (κ3) is 2.39. The highest BCUT2D eigenvalue weighted by atomic mass is 79.9. The average Bonchev–Trinajstić information content (AvgIpc) is 3.17. The summed E-state index contributed by atoms with van der Waals surface area (Å²) in [6.45, 7) is 4.18. The number of aliphatic imine (C=N–C) groups is 1. The molecular formula is C20H15Br2ClN4O. The molecule has 0 radical (unpaired) electrons. The second-order valence-corrected chi connectivity index (χ2v) is 9.82. The summed E-state index contributed by atoms with van der Waals surface area (Å²) in [5.41, 5.74) is 3.24. The molecule has 5 rings (SSSR count). The van der Waals surface area contributed by atoms with Gasteiger partial charge in [0.2, 0.25) is 5.91 Å². The number of allylic oxidation sites excluding steroid dienone is 1. The third-order valence-corrected chi connectivity index (χ3v) is 6.75. The van der Waals surface area contributed by atoms with Gasteiger partial charge in [-0.2, -0.15) is 0 Å². The van der Waals surface area contributed by atoms with Crippen LogP contribution in [0.2, 0.25) is 0 Å². The number of aromatic nitrogens is 2. The predicted octanol–water partition coefficient (Wildman–Crippen LogP) is 5.53. The molecule has 3 aliphatic heterocycles. The lowest BCUT2D eigenvalue weighted by molar-refractivity contribution is -0.145. The van der Waals surface area contributed by atoms with E-state index in [1.165, 1.54) is 0 Å². The Balaban J connectivity index is 1.79. The van der Waals surface area contributed by atoms with E-state index in [-0.39, 0.29) is 11.3 Å². The number of aromatic amines is 1. The molecule has 4 heterocycles. The largest absolute Gasteiger partial charge is 0.335 e. The lowest BCUT2D eigenvalue weighted by Crippen LogP contribution is -2.61. The third-order valence-electron chi connectivity index (χ3n) is 5.60. The molecule has 1 N–H and O–H groups in total. The number of hydrogen-bond donors (Lipinski definition) is 1. The van der Waals surface area contributed by atoms with Crippen LogP contribution in [0.25, 0.3) is 5.03 Å². The lowest BCUT2D eigenvalue weighted by atomic mass is 9.74. The van der Waals surface area contributed by atoms with E-state index in [1.807, 2.05) is 24.3 Å². The standard InChI is InChI=1S/C20H15Br2ClN4O/c1-19(2)6-5-14-20(11-4-3-10(21)7-13(11)24-14)8-15(28)27(20)9-12(23)16-17(19)26-18(22)25-16/h3-7,9H,8H2,1-2H3,(H,25,26)/b6-5-,12-9?/t20-/m1/s1. The van der Waals surface area contributed by atoms with Crippen LogP contribution in [0.15, 0.2) is 50.7 Å². The van der Waals surface area contributed by atoms with Crippen LogP contribution in [0, 0.1) is 0 Å². The summed E-state index contributed by atoms with van der Waals surface area (Å²) in [5, 5.41) is 0.415. The molecule has 0 unspecified atom stereocenters. The van der Waals surface area contributed by atoms with Gasteiger partial charge in [-0.25, -0.2) is 4.98 Å². The van der Waals surface area contributed by atoms with Gasteiger partial charge in [0.05, 0.1) is 28.5 Å². The fraction of sp³-hybridized carbons (Fsp3) is 0.250. The Bertz CT molecular complexity index is 1150. The number of halogens is 3. The molecule has 28 heavy (non-hydrogen) atoms. The minimum Gasteiger partial charge on any atom is -0.335 e. The maximum absolute atomic E-state index is 12.6. The first-order valence-electron chi connectivity index (χ1n) is 8.77. The van der Waals surface area contributed by atoms with E-state index in [4.69, 9.17) is 16.6 Å². The number of benzene rings is 1. The van der Waals surface area contributed by atoms with Crippen molar-refractivity contribution < 1.29 is 4.79 Å². The Morgan fingerprint density at radius 1 is 1.29 bits per heavy atom. The second kappa shape index (κ2) is 5.90. The van der Waals surface area contributed by atoms with E-state index in [1.54, 1.807) is 11.1 Å². The lowest BCUT2D eigenvalue weighted by Gasteiger charge is -2.49. The molecule has 1 fully saturated rings. The number of rotatable bonds is 0. The Morgan fingerprint density at radius 3 is 2.82 bits per heavy atom. The number of carbonyl (C=O) groups is 1. The smallest absolute Gasteiger partial charge is 0.230 e. The Morgan fingerprint density at radius 2 is 2.07 bits per heavy atom. The van der Waals surface area contributed by atoms with Crippen LogP contribution in [0.3, 0.4) is 0 Å². The zero-order chi connectivity index (χ0) is 19.8. The minimum atomic E-state index is -0.620. The number of imidazole rings is 1. The summed E-state index contributed by atoms with van der Waals surface area (Å²) >= 11 is 13.6. The number of nitrogens with zero attached hydrogens (tertiary/aromatic N) is 3. The van der Waals surface area contributed by atoms with Crippen LogP contribution < -0.4 is 0 Å². The maximum atomic E-state index is 12.6. The summed E-state index contributed by atoms with van der Waals surface area (Å²) in [4.78, 5) is 26.9. The molecule has 8 heteroatoms. The topological polar surface area (TPSA) is 61.4 Å². The van der Waals surface area contributed by atoms with E-state index in [2.05, 4.69) is 61.8 Å². The second-order valence-electron chi connectivity index (χ2n) is 7.74. The molecular weight excluding hydrogens is 508 g/mol. The van der Waals surface area contributed by atoms with E-state index in [0.29, 0.717) is 21.9 Å². The van der Waals surface area contributed by atoms with Crippen molar-refractivity contribution in [3.05, 3.63) is 62.7 Å². The summed E-state index contributed by atoms with van der Waals surface area (Å²) < 4.78 is 1.55. The SMILES string of the molecule is CC1(C)/C=C\C2=Nc3cc(Br)ccc3[C@]23CC(=O)N3C=C(Cl)c2nc(Br)[nH]c21. The van der Waals surface area contributed by atoms with Crippen molar-refractivity contribution in [2.75, 3.05) is 0 Å². The van der Waals surface area contributed by atoms with Gasteiger partial charge in [-0.1, -0.05) is 53.5 Å². The fourth-order valence-electron chi connectivity index (χ4n) is 4.14. The molecule has 2 aromatic rings.